The molecule has 26 heavy (non-hydrogen) atoms. The minimum atomic E-state index is -0.151. The zero-order chi connectivity index (χ0) is 18.7. The normalized spacial score (nSPS) is 14.5. The highest BCUT2D eigenvalue weighted by atomic mass is 16.5. The predicted octanol–water partition coefficient (Wildman–Crippen LogP) is 2.36. The molecule has 1 N–H and O–H groups in total. The molecule has 0 radical (unpaired) electrons. The molecule has 0 aliphatic heterocycles. The Morgan fingerprint density at radius 3 is 2.65 bits per heavy atom. The molecule has 1 aromatic carbocycles. The lowest BCUT2D eigenvalue weighted by molar-refractivity contribution is -0.122. The molecule has 0 fully saturated rings. The van der Waals surface area contributed by atoms with E-state index >= 15 is 0 Å². The van der Waals surface area contributed by atoms with Crippen molar-refractivity contribution in [3.63, 3.8) is 0 Å². The zero-order valence-corrected chi connectivity index (χ0v) is 15.8. The molecule has 1 amide bonds. The van der Waals surface area contributed by atoms with E-state index in [0.717, 1.165) is 48.2 Å². The van der Waals surface area contributed by atoms with E-state index in [1.807, 2.05) is 26.0 Å². The topological polar surface area (TPSA) is 78.3 Å². The van der Waals surface area contributed by atoms with Crippen molar-refractivity contribution in [3.05, 3.63) is 34.6 Å². The van der Waals surface area contributed by atoms with E-state index in [9.17, 15) is 4.79 Å². The van der Waals surface area contributed by atoms with Crippen LogP contribution in [0.25, 0.3) is 0 Å². The molecular weight excluding hydrogens is 332 g/mol. The van der Waals surface area contributed by atoms with Crippen molar-refractivity contribution in [3.8, 4) is 11.5 Å². The van der Waals surface area contributed by atoms with Gasteiger partial charge in [-0.1, -0.05) is 5.21 Å². The van der Waals surface area contributed by atoms with Gasteiger partial charge < -0.3 is 14.8 Å². The molecule has 1 heterocycles. The number of amides is 1. The van der Waals surface area contributed by atoms with Crippen molar-refractivity contribution in [1.29, 1.82) is 0 Å². The fraction of sp³-hybridized carbons (Fsp3) is 0.526. The highest BCUT2D eigenvalue weighted by Gasteiger charge is 2.20. The van der Waals surface area contributed by atoms with Crippen LogP contribution < -0.4 is 14.8 Å². The number of carbonyl (C=O) groups excluding carboxylic acids is 1. The summed E-state index contributed by atoms with van der Waals surface area (Å²) < 4.78 is 12.4. The molecule has 1 aliphatic carbocycles. The van der Waals surface area contributed by atoms with Crippen LogP contribution in [0.5, 0.6) is 11.5 Å². The number of hydrogen-bond donors (Lipinski definition) is 1. The largest absolute Gasteiger partial charge is 0.493 e. The first kappa shape index (κ1) is 18.2. The highest BCUT2D eigenvalue weighted by molar-refractivity contribution is 5.76. The van der Waals surface area contributed by atoms with Gasteiger partial charge in [-0.2, -0.15) is 0 Å². The van der Waals surface area contributed by atoms with Gasteiger partial charge in [0.25, 0.3) is 0 Å². The molecule has 1 atom stereocenters. The molecule has 1 aliphatic rings. The monoisotopic (exact) mass is 358 g/mol. The third-order valence-corrected chi connectivity index (χ3v) is 4.90. The second kappa shape index (κ2) is 7.76. The van der Waals surface area contributed by atoms with E-state index < -0.39 is 0 Å². The fourth-order valence-corrected chi connectivity index (χ4v) is 3.51. The summed E-state index contributed by atoms with van der Waals surface area (Å²) in [6.45, 7) is 4.15. The Morgan fingerprint density at radius 2 is 1.92 bits per heavy atom. The molecule has 7 heteroatoms. The quantitative estimate of drug-likeness (QED) is 0.858. The maximum Gasteiger partial charge on any atom is 0.242 e. The number of aromatic nitrogens is 3. The standard InChI is InChI=1S/C19H26N4O3/c1-12-9-17(25-3)18(26-4)10-14(12)13(2)20-19(24)11-23-16-8-6-5-7-15(16)21-22-23/h9-10,13H,5-8,11H2,1-4H3,(H,20,24). The van der Waals surface area contributed by atoms with Gasteiger partial charge in [0.15, 0.2) is 11.5 Å². The number of benzene rings is 1. The number of fused-ring (bicyclic) bond motifs is 1. The van der Waals surface area contributed by atoms with E-state index in [2.05, 4.69) is 15.6 Å². The summed E-state index contributed by atoms with van der Waals surface area (Å²) in [5.74, 6) is 1.26. The Hall–Kier alpha value is -2.57. The minimum Gasteiger partial charge on any atom is -0.493 e. The van der Waals surface area contributed by atoms with Gasteiger partial charge in [-0.25, -0.2) is 4.68 Å². The number of hydrogen-bond acceptors (Lipinski definition) is 5. The van der Waals surface area contributed by atoms with Crippen molar-refractivity contribution < 1.29 is 14.3 Å². The van der Waals surface area contributed by atoms with Crippen LogP contribution in [0.15, 0.2) is 12.1 Å². The zero-order valence-electron chi connectivity index (χ0n) is 15.8. The van der Waals surface area contributed by atoms with E-state index in [1.54, 1.807) is 18.9 Å². The number of aryl methyl sites for hydroxylation is 2. The number of nitrogens with zero attached hydrogens (tertiary/aromatic N) is 3. The molecule has 140 valence electrons. The summed E-state index contributed by atoms with van der Waals surface area (Å²) in [4.78, 5) is 12.5. The molecular formula is C19H26N4O3. The highest BCUT2D eigenvalue weighted by Crippen LogP contribution is 2.32. The summed E-state index contributed by atoms with van der Waals surface area (Å²) in [6, 6.07) is 3.68. The number of nitrogens with one attached hydrogen (secondary N) is 1. The van der Waals surface area contributed by atoms with E-state index in [4.69, 9.17) is 9.47 Å². The number of carbonyl (C=O) groups is 1. The maximum absolute atomic E-state index is 12.5. The third kappa shape index (κ3) is 3.66. The average molecular weight is 358 g/mol. The Morgan fingerprint density at radius 1 is 1.23 bits per heavy atom. The first-order chi connectivity index (χ1) is 12.5. The number of rotatable bonds is 6. The van der Waals surface area contributed by atoms with E-state index in [1.165, 1.54) is 0 Å². The first-order valence-corrected chi connectivity index (χ1v) is 8.96. The van der Waals surface area contributed by atoms with Gasteiger partial charge in [0, 0.05) is 0 Å². The molecule has 2 aromatic rings. The van der Waals surface area contributed by atoms with Crippen LogP contribution in [0.4, 0.5) is 0 Å². The molecule has 0 saturated carbocycles. The van der Waals surface area contributed by atoms with E-state index in [-0.39, 0.29) is 18.5 Å². The van der Waals surface area contributed by atoms with Crippen LogP contribution >= 0.6 is 0 Å². The number of ether oxygens (including phenoxy) is 2. The molecule has 0 spiro atoms. The Bertz CT molecular complexity index is 800. The first-order valence-electron chi connectivity index (χ1n) is 8.96. The van der Waals surface area contributed by atoms with Gasteiger partial charge in [-0.05, 0) is 62.8 Å². The van der Waals surface area contributed by atoms with Crippen molar-refractivity contribution in [2.75, 3.05) is 14.2 Å². The Balaban J connectivity index is 1.70. The maximum atomic E-state index is 12.5. The molecule has 7 nitrogen and oxygen atoms in total. The number of methoxy groups -OCH3 is 2. The van der Waals surface area contributed by atoms with Gasteiger partial charge in [0.1, 0.15) is 6.54 Å². The molecule has 3 rings (SSSR count). The SMILES string of the molecule is COc1cc(C)c(C(C)NC(=O)Cn2nnc3c2CCCC3)cc1OC. The van der Waals surface area contributed by atoms with Crippen molar-refractivity contribution in [2.24, 2.45) is 0 Å². The Labute approximate surface area is 153 Å². The van der Waals surface area contributed by atoms with Crippen molar-refractivity contribution >= 4 is 5.91 Å². The van der Waals surface area contributed by atoms with Crippen LogP contribution in [0, 0.1) is 6.92 Å². The molecule has 0 bridgehead atoms. The summed E-state index contributed by atoms with van der Waals surface area (Å²) in [5, 5.41) is 11.4. The lowest BCUT2D eigenvalue weighted by atomic mass is 10.0. The van der Waals surface area contributed by atoms with Gasteiger partial charge >= 0.3 is 0 Å². The van der Waals surface area contributed by atoms with E-state index in [0.29, 0.717) is 11.5 Å². The predicted molar refractivity (Wildman–Crippen MR) is 97.5 cm³/mol. The molecule has 1 aromatic heterocycles. The lowest BCUT2D eigenvalue weighted by Crippen LogP contribution is -2.31. The van der Waals surface area contributed by atoms with Crippen LogP contribution in [-0.2, 0) is 24.2 Å². The van der Waals surface area contributed by atoms with Gasteiger partial charge in [-0.3, -0.25) is 4.79 Å². The second-order valence-corrected chi connectivity index (χ2v) is 6.70. The summed E-state index contributed by atoms with van der Waals surface area (Å²) in [7, 11) is 3.22. The summed E-state index contributed by atoms with van der Waals surface area (Å²) in [5.41, 5.74) is 4.17. The van der Waals surface area contributed by atoms with Crippen LogP contribution in [0.3, 0.4) is 0 Å². The van der Waals surface area contributed by atoms with Gasteiger partial charge in [0.05, 0.1) is 31.6 Å². The molecule has 1 unspecified atom stereocenters. The van der Waals surface area contributed by atoms with Crippen LogP contribution in [0.2, 0.25) is 0 Å². The van der Waals surface area contributed by atoms with Crippen LogP contribution in [-0.4, -0.2) is 35.1 Å². The van der Waals surface area contributed by atoms with Gasteiger partial charge in [0.2, 0.25) is 5.91 Å². The van der Waals surface area contributed by atoms with Crippen molar-refractivity contribution in [1.82, 2.24) is 20.3 Å². The lowest BCUT2D eigenvalue weighted by Gasteiger charge is -2.19. The second-order valence-electron chi connectivity index (χ2n) is 6.70. The average Bonchev–Trinajstić information content (AvgIpc) is 3.04. The van der Waals surface area contributed by atoms with Crippen LogP contribution in [0.1, 0.15) is 48.3 Å². The minimum absolute atomic E-state index is 0.0787. The third-order valence-electron chi connectivity index (χ3n) is 4.90. The summed E-state index contributed by atoms with van der Waals surface area (Å²) in [6.07, 6.45) is 4.18. The fourth-order valence-electron chi connectivity index (χ4n) is 3.51. The van der Waals surface area contributed by atoms with Gasteiger partial charge in [-0.15, -0.1) is 5.10 Å². The summed E-state index contributed by atoms with van der Waals surface area (Å²) >= 11 is 0. The smallest absolute Gasteiger partial charge is 0.242 e. The molecule has 0 saturated heterocycles. The van der Waals surface area contributed by atoms with Crippen molar-refractivity contribution in [2.45, 2.75) is 52.1 Å². The Kier molecular flexibility index (Phi) is 5.44.